The summed E-state index contributed by atoms with van der Waals surface area (Å²) in [6, 6.07) is 31.0. The van der Waals surface area contributed by atoms with Gasteiger partial charge in [-0.2, -0.15) is 0 Å². The fraction of sp³-hybridized carbons (Fsp3) is 0.0385. The van der Waals surface area contributed by atoms with Gasteiger partial charge in [0, 0.05) is 27.1 Å². The van der Waals surface area contributed by atoms with Gasteiger partial charge in [0.15, 0.2) is 0 Å². The molecule has 4 N–H and O–H groups in total. The Labute approximate surface area is 173 Å². The molecule has 2 heterocycles. The lowest BCUT2D eigenvalue weighted by Crippen LogP contribution is -2.34. The van der Waals surface area contributed by atoms with Crippen LogP contribution < -0.4 is 11.1 Å². The number of benzene rings is 4. The maximum atomic E-state index is 8.60. The van der Waals surface area contributed by atoms with Crippen molar-refractivity contribution in [3.05, 3.63) is 102 Å². The van der Waals surface area contributed by atoms with E-state index in [9.17, 15) is 0 Å². The highest BCUT2D eigenvalue weighted by molar-refractivity contribution is 6.23. The smallest absolute Gasteiger partial charge is 0.126 e. The molecule has 4 nitrogen and oxygen atoms in total. The first-order valence-electron chi connectivity index (χ1n) is 10.1. The average molecular weight is 388 g/mol. The van der Waals surface area contributed by atoms with Crippen LogP contribution in [0, 0.1) is 5.41 Å². The first-order chi connectivity index (χ1) is 14.7. The van der Waals surface area contributed by atoms with Gasteiger partial charge in [-0.3, -0.25) is 5.41 Å². The van der Waals surface area contributed by atoms with Gasteiger partial charge < -0.3 is 15.5 Å². The van der Waals surface area contributed by atoms with Gasteiger partial charge in [0.2, 0.25) is 0 Å². The Kier molecular flexibility index (Phi) is 3.58. The van der Waals surface area contributed by atoms with Crippen molar-refractivity contribution >= 4 is 43.9 Å². The number of nitrogens with two attached hydrogens (primary N) is 1. The molecule has 1 unspecified atom stereocenters. The van der Waals surface area contributed by atoms with Gasteiger partial charge in [-0.15, -0.1) is 0 Å². The second-order valence-electron chi connectivity index (χ2n) is 7.69. The Morgan fingerprint density at radius 1 is 0.733 bits per heavy atom. The molecule has 4 heteroatoms. The topological polar surface area (TPSA) is 66.3 Å². The minimum atomic E-state index is -0.428. The first-order valence-corrected chi connectivity index (χ1v) is 10.1. The minimum absolute atomic E-state index is 0.317. The Balaban J connectivity index is 1.51. The second kappa shape index (κ2) is 6.31. The highest BCUT2D eigenvalue weighted by Crippen LogP contribution is 2.38. The maximum Gasteiger partial charge on any atom is 0.126 e. The molecule has 4 aromatic carbocycles. The van der Waals surface area contributed by atoms with E-state index in [1.54, 1.807) is 0 Å². The Bertz CT molecular complexity index is 1550. The predicted molar refractivity (Wildman–Crippen MR) is 124 cm³/mol. The number of amidine groups is 1. The van der Waals surface area contributed by atoms with Gasteiger partial charge >= 0.3 is 0 Å². The number of para-hydroxylation sites is 2. The molecule has 0 fully saturated rings. The van der Waals surface area contributed by atoms with E-state index in [1.807, 2.05) is 36.4 Å². The molecule has 6 aromatic rings. The number of rotatable bonds is 3. The standard InChI is InChI=1S/C26H20N4/c27-25(16-7-2-1-3-8-16)29-26(28)17-13-14-19-21-11-6-10-20-18-9-4-5-12-22(18)30(24(20)21)23(19)15-17/h1-15,25H,27H2,(H2,28,29). The molecule has 0 aliphatic rings. The van der Waals surface area contributed by atoms with Crippen LogP contribution in [0.1, 0.15) is 17.3 Å². The highest BCUT2D eigenvalue weighted by atomic mass is 15.1. The van der Waals surface area contributed by atoms with Crippen molar-refractivity contribution in [3.63, 3.8) is 0 Å². The molecule has 0 bridgehead atoms. The van der Waals surface area contributed by atoms with E-state index in [4.69, 9.17) is 11.1 Å². The summed E-state index contributed by atoms with van der Waals surface area (Å²) in [5.74, 6) is 0.317. The predicted octanol–water partition coefficient (Wildman–Crippen LogP) is 5.41. The number of aromatic nitrogens is 1. The summed E-state index contributed by atoms with van der Waals surface area (Å²) in [7, 11) is 0. The average Bonchev–Trinajstić information content (AvgIpc) is 3.31. The third kappa shape index (κ3) is 2.34. The van der Waals surface area contributed by atoms with Crippen molar-refractivity contribution in [2.45, 2.75) is 6.17 Å². The fourth-order valence-corrected chi connectivity index (χ4v) is 4.57. The summed E-state index contributed by atoms with van der Waals surface area (Å²) in [6.07, 6.45) is -0.428. The van der Waals surface area contributed by atoms with Crippen molar-refractivity contribution < 1.29 is 0 Å². The zero-order valence-electron chi connectivity index (χ0n) is 16.3. The van der Waals surface area contributed by atoms with Gasteiger partial charge in [0.1, 0.15) is 12.0 Å². The van der Waals surface area contributed by atoms with Crippen LogP contribution in [0.4, 0.5) is 0 Å². The number of fused-ring (bicyclic) bond motifs is 6. The number of hydrogen-bond acceptors (Lipinski definition) is 2. The third-order valence-corrected chi connectivity index (χ3v) is 5.97. The van der Waals surface area contributed by atoms with Gasteiger partial charge in [-0.25, -0.2) is 0 Å². The first kappa shape index (κ1) is 17.0. The summed E-state index contributed by atoms with van der Waals surface area (Å²) in [4.78, 5) is 0. The largest absolute Gasteiger partial charge is 0.351 e. The van der Waals surface area contributed by atoms with Gasteiger partial charge in [-0.1, -0.05) is 78.9 Å². The number of nitrogens with zero attached hydrogens (tertiary/aromatic N) is 1. The van der Waals surface area contributed by atoms with Crippen LogP contribution in [0.3, 0.4) is 0 Å². The van der Waals surface area contributed by atoms with Gasteiger partial charge in [-0.05, 0) is 17.7 Å². The summed E-state index contributed by atoms with van der Waals surface area (Å²) in [6.45, 7) is 0. The molecule has 30 heavy (non-hydrogen) atoms. The Hall–Kier alpha value is -3.89. The minimum Gasteiger partial charge on any atom is -0.351 e. The molecule has 1 atom stereocenters. The second-order valence-corrected chi connectivity index (χ2v) is 7.69. The monoisotopic (exact) mass is 388 g/mol. The summed E-state index contributed by atoms with van der Waals surface area (Å²) >= 11 is 0. The van der Waals surface area contributed by atoms with Crippen LogP contribution in [0.25, 0.3) is 38.1 Å². The summed E-state index contributed by atoms with van der Waals surface area (Å²) < 4.78 is 2.32. The lowest BCUT2D eigenvalue weighted by Gasteiger charge is -2.16. The molecule has 6 rings (SSSR count). The summed E-state index contributed by atoms with van der Waals surface area (Å²) in [5.41, 5.74) is 11.6. The number of nitrogens with one attached hydrogen (secondary N) is 2. The van der Waals surface area contributed by atoms with Crippen LogP contribution in [0.5, 0.6) is 0 Å². The lowest BCUT2D eigenvalue weighted by molar-refractivity contribution is 0.679. The lowest BCUT2D eigenvalue weighted by atomic mass is 10.1. The van der Waals surface area contributed by atoms with E-state index in [0.717, 1.165) is 16.6 Å². The fourth-order valence-electron chi connectivity index (χ4n) is 4.57. The molecule has 2 aromatic heterocycles. The maximum absolute atomic E-state index is 8.60. The molecule has 0 spiro atoms. The zero-order chi connectivity index (χ0) is 20.2. The molecule has 0 aliphatic carbocycles. The molecule has 0 saturated carbocycles. The Morgan fingerprint density at radius 3 is 2.20 bits per heavy atom. The van der Waals surface area contributed by atoms with Crippen LogP contribution >= 0.6 is 0 Å². The van der Waals surface area contributed by atoms with Gasteiger partial charge in [0.25, 0.3) is 0 Å². The van der Waals surface area contributed by atoms with E-state index < -0.39 is 6.17 Å². The van der Waals surface area contributed by atoms with E-state index in [2.05, 4.69) is 64.3 Å². The molecule has 0 saturated heterocycles. The van der Waals surface area contributed by atoms with Crippen molar-refractivity contribution in [2.24, 2.45) is 5.73 Å². The third-order valence-electron chi connectivity index (χ3n) is 5.97. The van der Waals surface area contributed by atoms with E-state index in [0.29, 0.717) is 5.84 Å². The van der Waals surface area contributed by atoms with Crippen molar-refractivity contribution in [1.82, 2.24) is 9.72 Å². The van der Waals surface area contributed by atoms with Crippen LogP contribution in [0.2, 0.25) is 0 Å². The zero-order valence-corrected chi connectivity index (χ0v) is 16.3. The SMILES string of the molecule is N=C(NC(N)c1ccccc1)c1ccc2c3cccc4c5ccccc5n(c2c1)c43. The van der Waals surface area contributed by atoms with Crippen molar-refractivity contribution in [2.75, 3.05) is 0 Å². The molecule has 0 aliphatic heterocycles. The van der Waals surface area contributed by atoms with Crippen LogP contribution in [-0.2, 0) is 0 Å². The number of hydrogen-bond donors (Lipinski definition) is 3. The van der Waals surface area contributed by atoms with Crippen LogP contribution in [-0.4, -0.2) is 10.2 Å². The van der Waals surface area contributed by atoms with Crippen molar-refractivity contribution in [1.29, 1.82) is 5.41 Å². The quantitative estimate of drug-likeness (QED) is 0.216. The van der Waals surface area contributed by atoms with Crippen molar-refractivity contribution in [3.8, 4) is 0 Å². The highest BCUT2D eigenvalue weighted by Gasteiger charge is 2.18. The Morgan fingerprint density at radius 2 is 1.40 bits per heavy atom. The molecule has 0 radical (unpaired) electrons. The van der Waals surface area contributed by atoms with Gasteiger partial charge in [0.05, 0.1) is 16.6 Å². The van der Waals surface area contributed by atoms with Crippen LogP contribution in [0.15, 0.2) is 91.0 Å². The summed E-state index contributed by atoms with van der Waals surface area (Å²) in [5, 5.41) is 16.7. The van der Waals surface area contributed by atoms with E-state index >= 15 is 0 Å². The van der Waals surface area contributed by atoms with E-state index in [1.165, 1.54) is 32.6 Å². The molecule has 0 amide bonds. The molecule has 144 valence electrons. The molecular weight excluding hydrogens is 368 g/mol. The van der Waals surface area contributed by atoms with E-state index in [-0.39, 0.29) is 0 Å². The molecular formula is C26H20N4. The normalized spacial score (nSPS) is 12.8.